The summed E-state index contributed by atoms with van der Waals surface area (Å²) in [5.74, 6) is 0.840. The molecule has 0 unspecified atom stereocenters. The second-order valence-electron chi connectivity index (χ2n) is 6.42. The fourth-order valence-electron chi connectivity index (χ4n) is 3.29. The van der Waals surface area contributed by atoms with Gasteiger partial charge in [0.1, 0.15) is 11.9 Å². The SMILES string of the molecule is Cl.Clc1cc(OC2CCN(Cc3ccccn3)CC2)cc2ccncc12. The van der Waals surface area contributed by atoms with Crippen LogP contribution in [0.2, 0.25) is 5.02 Å². The smallest absolute Gasteiger partial charge is 0.121 e. The lowest BCUT2D eigenvalue weighted by atomic mass is 10.1. The van der Waals surface area contributed by atoms with Crippen LogP contribution < -0.4 is 4.74 Å². The van der Waals surface area contributed by atoms with E-state index >= 15 is 0 Å². The lowest BCUT2D eigenvalue weighted by molar-refractivity contribution is 0.0962. The lowest BCUT2D eigenvalue weighted by Crippen LogP contribution is -2.37. The predicted octanol–water partition coefficient (Wildman–Crippen LogP) is 4.75. The maximum atomic E-state index is 6.36. The molecule has 0 N–H and O–H groups in total. The van der Waals surface area contributed by atoms with Crippen molar-refractivity contribution in [3.8, 4) is 5.75 Å². The zero-order valence-corrected chi connectivity index (χ0v) is 15.9. The zero-order chi connectivity index (χ0) is 17.1. The monoisotopic (exact) mass is 389 g/mol. The third kappa shape index (κ3) is 4.44. The Hall–Kier alpha value is -1.88. The van der Waals surface area contributed by atoms with E-state index in [1.807, 2.05) is 36.5 Å². The molecule has 1 aromatic carbocycles. The van der Waals surface area contributed by atoms with Gasteiger partial charge in [0.15, 0.2) is 0 Å². The molecule has 136 valence electrons. The van der Waals surface area contributed by atoms with Crippen LogP contribution in [0.5, 0.6) is 5.75 Å². The Morgan fingerprint density at radius 3 is 2.73 bits per heavy atom. The van der Waals surface area contributed by atoms with Crippen LogP contribution in [0.4, 0.5) is 0 Å². The fraction of sp³-hybridized carbons (Fsp3) is 0.300. The summed E-state index contributed by atoms with van der Waals surface area (Å²) in [6.07, 6.45) is 7.67. The molecule has 1 fully saturated rings. The second-order valence-corrected chi connectivity index (χ2v) is 6.82. The third-order valence-corrected chi connectivity index (χ3v) is 4.94. The van der Waals surface area contributed by atoms with Crippen molar-refractivity contribution in [2.45, 2.75) is 25.5 Å². The van der Waals surface area contributed by atoms with Gasteiger partial charge in [-0.25, -0.2) is 0 Å². The number of hydrogen-bond acceptors (Lipinski definition) is 4. The first kappa shape index (κ1) is 18.9. The highest BCUT2D eigenvalue weighted by molar-refractivity contribution is 6.35. The molecule has 1 aliphatic rings. The molecular weight excluding hydrogens is 369 g/mol. The number of aromatic nitrogens is 2. The van der Waals surface area contributed by atoms with Crippen molar-refractivity contribution in [3.05, 3.63) is 65.7 Å². The highest BCUT2D eigenvalue weighted by Crippen LogP contribution is 2.30. The minimum absolute atomic E-state index is 0. The highest BCUT2D eigenvalue weighted by Gasteiger charge is 2.21. The molecule has 0 radical (unpaired) electrons. The number of pyridine rings is 2. The van der Waals surface area contributed by atoms with E-state index in [2.05, 4.69) is 20.9 Å². The Morgan fingerprint density at radius 2 is 1.96 bits per heavy atom. The topological polar surface area (TPSA) is 38.2 Å². The minimum Gasteiger partial charge on any atom is -0.490 e. The normalized spacial score (nSPS) is 15.6. The van der Waals surface area contributed by atoms with E-state index < -0.39 is 0 Å². The molecule has 0 atom stereocenters. The first-order valence-electron chi connectivity index (χ1n) is 8.60. The van der Waals surface area contributed by atoms with Gasteiger partial charge in [0.05, 0.1) is 10.7 Å². The molecule has 4 rings (SSSR count). The fourth-order valence-corrected chi connectivity index (χ4v) is 3.56. The van der Waals surface area contributed by atoms with Crippen molar-refractivity contribution in [1.82, 2.24) is 14.9 Å². The molecule has 0 saturated carbocycles. The molecule has 26 heavy (non-hydrogen) atoms. The van der Waals surface area contributed by atoms with Crippen molar-refractivity contribution >= 4 is 34.8 Å². The number of rotatable bonds is 4. The predicted molar refractivity (Wildman–Crippen MR) is 107 cm³/mol. The zero-order valence-electron chi connectivity index (χ0n) is 14.3. The van der Waals surface area contributed by atoms with Gasteiger partial charge in [-0.2, -0.15) is 0 Å². The molecule has 0 bridgehead atoms. The number of fused-ring (bicyclic) bond motifs is 1. The summed E-state index contributed by atoms with van der Waals surface area (Å²) in [5.41, 5.74) is 1.12. The van der Waals surface area contributed by atoms with Crippen LogP contribution in [0.25, 0.3) is 10.8 Å². The summed E-state index contributed by atoms with van der Waals surface area (Å²) in [6, 6.07) is 12.0. The van der Waals surface area contributed by atoms with Crippen LogP contribution in [0.1, 0.15) is 18.5 Å². The van der Waals surface area contributed by atoms with E-state index in [0.29, 0.717) is 5.02 Å². The number of hydrogen-bond donors (Lipinski definition) is 0. The van der Waals surface area contributed by atoms with E-state index in [1.165, 1.54) is 0 Å². The van der Waals surface area contributed by atoms with Gasteiger partial charge in [-0.3, -0.25) is 14.9 Å². The molecule has 4 nitrogen and oxygen atoms in total. The van der Waals surface area contributed by atoms with Crippen LogP contribution >= 0.6 is 24.0 Å². The molecule has 0 aliphatic carbocycles. The third-order valence-electron chi connectivity index (χ3n) is 4.63. The number of benzene rings is 1. The molecule has 6 heteroatoms. The molecule has 3 heterocycles. The van der Waals surface area contributed by atoms with E-state index in [-0.39, 0.29) is 18.5 Å². The van der Waals surface area contributed by atoms with Gasteiger partial charge in [-0.1, -0.05) is 17.7 Å². The van der Waals surface area contributed by atoms with E-state index in [1.54, 1.807) is 12.4 Å². The van der Waals surface area contributed by atoms with Gasteiger partial charge < -0.3 is 4.74 Å². The molecule has 0 spiro atoms. The van der Waals surface area contributed by atoms with Gasteiger partial charge in [0, 0.05) is 43.6 Å². The van der Waals surface area contributed by atoms with Crippen molar-refractivity contribution in [3.63, 3.8) is 0 Å². The average molecular weight is 390 g/mol. The van der Waals surface area contributed by atoms with Crippen LogP contribution in [-0.2, 0) is 6.54 Å². The number of likely N-dealkylation sites (tertiary alicyclic amines) is 1. The quantitative estimate of drug-likeness (QED) is 0.645. The molecule has 1 aliphatic heterocycles. The first-order chi connectivity index (χ1) is 12.3. The van der Waals surface area contributed by atoms with Crippen LogP contribution in [0.3, 0.4) is 0 Å². The lowest BCUT2D eigenvalue weighted by Gasteiger charge is -2.32. The number of piperidine rings is 1. The van der Waals surface area contributed by atoms with Gasteiger partial charge in [-0.15, -0.1) is 12.4 Å². The summed E-state index contributed by atoms with van der Waals surface area (Å²) < 4.78 is 6.20. The summed E-state index contributed by atoms with van der Waals surface area (Å²) in [7, 11) is 0. The summed E-state index contributed by atoms with van der Waals surface area (Å²) in [5, 5.41) is 2.71. The molecular formula is C20H21Cl2N3O. The van der Waals surface area contributed by atoms with Crippen molar-refractivity contribution in [1.29, 1.82) is 0 Å². The second kappa shape index (κ2) is 8.67. The van der Waals surface area contributed by atoms with Gasteiger partial charge >= 0.3 is 0 Å². The Kier molecular flexibility index (Phi) is 6.30. The number of ether oxygens (including phenoxy) is 1. The van der Waals surface area contributed by atoms with Crippen molar-refractivity contribution in [2.75, 3.05) is 13.1 Å². The number of halogens is 2. The average Bonchev–Trinajstić information content (AvgIpc) is 2.64. The molecule has 0 amide bonds. The molecule has 2 aromatic heterocycles. The standard InChI is InChI=1S/C20H20ClN3O.ClH/c21-20-12-18(11-15-4-8-22-13-19(15)20)25-17-5-9-24(10-6-17)14-16-3-1-2-7-23-16;/h1-4,7-8,11-13,17H,5-6,9-10,14H2;1H. The van der Waals surface area contributed by atoms with Crippen molar-refractivity contribution < 1.29 is 4.74 Å². The Balaban J connectivity index is 0.00000196. The van der Waals surface area contributed by atoms with E-state index in [0.717, 1.165) is 54.7 Å². The Morgan fingerprint density at radius 1 is 1.12 bits per heavy atom. The number of nitrogens with zero attached hydrogens (tertiary/aromatic N) is 3. The summed E-state index contributed by atoms with van der Waals surface area (Å²) in [6.45, 7) is 2.95. The van der Waals surface area contributed by atoms with Gasteiger partial charge in [0.2, 0.25) is 0 Å². The highest BCUT2D eigenvalue weighted by atomic mass is 35.5. The summed E-state index contributed by atoms with van der Waals surface area (Å²) >= 11 is 6.36. The Labute approximate surface area is 164 Å². The largest absolute Gasteiger partial charge is 0.490 e. The Bertz CT molecular complexity index is 852. The molecule has 3 aromatic rings. The van der Waals surface area contributed by atoms with Crippen LogP contribution in [0, 0.1) is 0 Å². The van der Waals surface area contributed by atoms with Gasteiger partial charge in [0.25, 0.3) is 0 Å². The van der Waals surface area contributed by atoms with Gasteiger partial charge in [-0.05, 0) is 48.6 Å². The summed E-state index contributed by atoms with van der Waals surface area (Å²) in [4.78, 5) is 11.0. The maximum absolute atomic E-state index is 6.36. The van der Waals surface area contributed by atoms with E-state index in [9.17, 15) is 0 Å². The van der Waals surface area contributed by atoms with Crippen molar-refractivity contribution in [2.24, 2.45) is 0 Å². The minimum atomic E-state index is 0. The molecule has 1 saturated heterocycles. The first-order valence-corrected chi connectivity index (χ1v) is 8.98. The maximum Gasteiger partial charge on any atom is 0.121 e. The van der Waals surface area contributed by atoms with Crippen LogP contribution in [0.15, 0.2) is 55.0 Å². The van der Waals surface area contributed by atoms with E-state index in [4.69, 9.17) is 16.3 Å². The van der Waals surface area contributed by atoms with Crippen LogP contribution in [-0.4, -0.2) is 34.1 Å².